The number of nitrogens with one attached hydrogen (secondary N) is 1. The van der Waals surface area contributed by atoms with Gasteiger partial charge in [-0.2, -0.15) is 0 Å². The number of methoxy groups -OCH3 is 1. The van der Waals surface area contributed by atoms with E-state index in [1.54, 1.807) is 19.2 Å². The average Bonchev–Trinajstić information content (AvgIpc) is 2.70. The topological polar surface area (TPSA) is 61.8 Å². The molecule has 1 heterocycles. The highest BCUT2D eigenvalue weighted by atomic mass is 16.5. The Morgan fingerprint density at radius 2 is 1.70 bits per heavy atom. The van der Waals surface area contributed by atoms with Crippen LogP contribution in [0.3, 0.4) is 0 Å². The molecule has 0 aromatic heterocycles. The fourth-order valence-electron chi connectivity index (χ4n) is 3.52. The molecular formula is C22H28N2O3. The molecule has 0 spiro atoms. The highest BCUT2D eigenvalue weighted by Gasteiger charge is 2.19. The van der Waals surface area contributed by atoms with E-state index >= 15 is 0 Å². The molecule has 0 atom stereocenters. The lowest BCUT2D eigenvalue weighted by atomic mass is 9.96. The van der Waals surface area contributed by atoms with E-state index in [2.05, 4.69) is 22.3 Å². The summed E-state index contributed by atoms with van der Waals surface area (Å²) < 4.78 is 5.21. The number of ether oxygens (including phenoxy) is 1. The van der Waals surface area contributed by atoms with Gasteiger partial charge >= 0.3 is 5.97 Å². The number of carbonyl (C=O) groups is 1. The van der Waals surface area contributed by atoms with Crippen molar-refractivity contribution in [3.05, 3.63) is 65.2 Å². The fraction of sp³-hybridized carbons (Fsp3) is 0.409. The fourth-order valence-corrected chi connectivity index (χ4v) is 3.52. The second-order valence-electron chi connectivity index (χ2n) is 7.20. The van der Waals surface area contributed by atoms with Crippen LogP contribution in [0.15, 0.2) is 48.5 Å². The van der Waals surface area contributed by atoms with Gasteiger partial charge in [-0.15, -0.1) is 0 Å². The SMILES string of the molecule is COc1ccc(CN2CCC(CNCc3ccc(C(=O)O)cc3)CC2)cc1. The van der Waals surface area contributed by atoms with Gasteiger partial charge in [0.15, 0.2) is 0 Å². The Bertz CT molecular complexity index is 720. The van der Waals surface area contributed by atoms with Gasteiger partial charge in [-0.25, -0.2) is 4.79 Å². The molecule has 2 aromatic rings. The lowest BCUT2D eigenvalue weighted by Gasteiger charge is -2.32. The van der Waals surface area contributed by atoms with E-state index in [0.29, 0.717) is 11.5 Å². The molecule has 3 rings (SSSR count). The van der Waals surface area contributed by atoms with Crippen molar-refractivity contribution >= 4 is 5.97 Å². The summed E-state index contributed by atoms with van der Waals surface area (Å²) in [6.45, 7) is 5.06. The molecule has 144 valence electrons. The van der Waals surface area contributed by atoms with Gasteiger partial charge < -0.3 is 15.2 Å². The highest BCUT2D eigenvalue weighted by molar-refractivity contribution is 5.87. The lowest BCUT2D eigenvalue weighted by molar-refractivity contribution is 0.0697. The van der Waals surface area contributed by atoms with E-state index in [9.17, 15) is 4.79 Å². The molecule has 0 saturated carbocycles. The smallest absolute Gasteiger partial charge is 0.335 e. The highest BCUT2D eigenvalue weighted by Crippen LogP contribution is 2.20. The Balaban J connectivity index is 1.36. The summed E-state index contributed by atoms with van der Waals surface area (Å²) in [5.41, 5.74) is 2.79. The Morgan fingerprint density at radius 1 is 1.07 bits per heavy atom. The molecule has 0 radical (unpaired) electrons. The second kappa shape index (κ2) is 9.53. The van der Waals surface area contributed by atoms with Crippen molar-refractivity contribution in [2.45, 2.75) is 25.9 Å². The number of carboxylic acids is 1. The van der Waals surface area contributed by atoms with Gasteiger partial charge in [0, 0.05) is 13.1 Å². The van der Waals surface area contributed by atoms with Crippen LogP contribution in [0.25, 0.3) is 0 Å². The first-order valence-corrected chi connectivity index (χ1v) is 9.52. The van der Waals surface area contributed by atoms with Gasteiger partial charge in [0.25, 0.3) is 0 Å². The maximum atomic E-state index is 10.9. The molecule has 2 N–H and O–H groups in total. The third-order valence-corrected chi connectivity index (χ3v) is 5.24. The molecule has 5 nitrogen and oxygen atoms in total. The minimum Gasteiger partial charge on any atom is -0.497 e. The predicted octanol–water partition coefficient (Wildman–Crippen LogP) is 3.40. The van der Waals surface area contributed by atoms with Gasteiger partial charge in [0.2, 0.25) is 0 Å². The van der Waals surface area contributed by atoms with Crippen LogP contribution in [-0.4, -0.2) is 42.7 Å². The summed E-state index contributed by atoms with van der Waals surface area (Å²) in [6, 6.07) is 15.4. The third-order valence-electron chi connectivity index (χ3n) is 5.24. The third kappa shape index (κ3) is 5.81. The Morgan fingerprint density at radius 3 is 2.30 bits per heavy atom. The summed E-state index contributed by atoms with van der Waals surface area (Å²) >= 11 is 0. The molecule has 0 bridgehead atoms. The summed E-state index contributed by atoms with van der Waals surface area (Å²) in [5, 5.41) is 12.5. The Labute approximate surface area is 161 Å². The molecule has 1 aliphatic rings. The van der Waals surface area contributed by atoms with Crippen LogP contribution in [0.1, 0.15) is 34.3 Å². The van der Waals surface area contributed by atoms with Crippen LogP contribution in [0, 0.1) is 5.92 Å². The van der Waals surface area contributed by atoms with Crippen molar-refractivity contribution in [2.75, 3.05) is 26.7 Å². The van der Waals surface area contributed by atoms with Crippen LogP contribution >= 0.6 is 0 Å². The molecule has 1 fully saturated rings. The number of nitrogens with zero attached hydrogens (tertiary/aromatic N) is 1. The minimum absolute atomic E-state index is 0.336. The molecule has 5 heteroatoms. The molecule has 0 aliphatic carbocycles. The number of rotatable bonds is 8. The predicted molar refractivity (Wildman–Crippen MR) is 106 cm³/mol. The summed E-state index contributed by atoms with van der Waals surface area (Å²) in [5.74, 6) is 0.729. The van der Waals surface area contributed by atoms with Crippen LogP contribution in [-0.2, 0) is 13.1 Å². The first-order chi connectivity index (χ1) is 13.1. The zero-order valence-corrected chi connectivity index (χ0v) is 15.9. The number of hydrogen-bond acceptors (Lipinski definition) is 4. The molecule has 2 aromatic carbocycles. The van der Waals surface area contributed by atoms with Gasteiger partial charge in [-0.05, 0) is 73.8 Å². The Kier molecular flexibility index (Phi) is 6.85. The van der Waals surface area contributed by atoms with Gasteiger partial charge in [-0.3, -0.25) is 4.90 Å². The van der Waals surface area contributed by atoms with E-state index in [4.69, 9.17) is 9.84 Å². The van der Waals surface area contributed by atoms with Gasteiger partial charge in [0.05, 0.1) is 12.7 Å². The quantitative estimate of drug-likeness (QED) is 0.748. The largest absolute Gasteiger partial charge is 0.497 e. The standard InChI is InChI=1S/C22H28N2O3/c1-27-21-8-4-19(5-9-21)16-24-12-10-18(11-13-24)15-23-14-17-2-6-20(7-3-17)22(25)26/h2-9,18,23H,10-16H2,1H3,(H,25,26). The van der Waals surface area contributed by atoms with Crippen LogP contribution < -0.4 is 10.1 Å². The Hall–Kier alpha value is -2.37. The first kappa shape index (κ1) is 19.4. The van der Waals surface area contributed by atoms with Gasteiger partial charge in [-0.1, -0.05) is 24.3 Å². The van der Waals surface area contributed by atoms with Crippen LogP contribution in [0.2, 0.25) is 0 Å². The molecule has 0 amide bonds. The maximum Gasteiger partial charge on any atom is 0.335 e. The van der Waals surface area contributed by atoms with Crippen molar-refractivity contribution < 1.29 is 14.6 Å². The van der Waals surface area contributed by atoms with Crippen molar-refractivity contribution in [1.29, 1.82) is 0 Å². The van der Waals surface area contributed by atoms with Crippen molar-refractivity contribution in [1.82, 2.24) is 10.2 Å². The number of likely N-dealkylation sites (tertiary alicyclic amines) is 1. The molecule has 1 aliphatic heterocycles. The van der Waals surface area contributed by atoms with Crippen molar-refractivity contribution in [2.24, 2.45) is 5.92 Å². The van der Waals surface area contributed by atoms with Crippen LogP contribution in [0.5, 0.6) is 5.75 Å². The molecule has 0 unspecified atom stereocenters. The van der Waals surface area contributed by atoms with E-state index in [1.807, 2.05) is 24.3 Å². The number of hydrogen-bond donors (Lipinski definition) is 2. The normalized spacial score (nSPS) is 15.6. The monoisotopic (exact) mass is 368 g/mol. The number of piperidine rings is 1. The average molecular weight is 368 g/mol. The lowest BCUT2D eigenvalue weighted by Crippen LogP contribution is -2.36. The zero-order valence-electron chi connectivity index (χ0n) is 15.9. The molecule has 27 heavy (non-hydrogen) atoms. The number of aromatic carboxylic acids is 1. The number of carboxylic acid groups (broad SMARTS) is 1. The number of benzene rings is 2. The maximum absolute atomic E-state index is 10.9. The van der Waals surface area contributed by atoms with Crippen molar-refractivity contribution in [3.63, 3.8) is 0 Å². The van der Waals surface area contributed by atoms with E-state index in [1.165, 1.54) is 18.4 Å². The molecular weight excluding hydrogens is 340 g/mol. The summed E-state index contributed by atoms with van der Waals surface area (Å²) in [7, 11) is 1.69. The minimum atomic E-state index is -0.879. The van der Waals surface area contributed by atoms with E-state index in [0.717, 1.165) is 44.0 Å². The van der Waals surface area contributed by atoms with Gasteiger partial charge in [0.1, 0.15) is 5.75 Å². The van der Waals surface area contributed by atoms with Crippen molar-refractivity contribution in [3.8, 4) is 5.75 Å². The molecule has 1 saturated heterocycles. The first-order valence-electron chi connectivity index (χ1n) is 9.52. The summed E-state index contributed by atoms with van der Waals surface area (Å²) in [4.78, 5) is 13.4. The van der Waals surface area contributed by atoms with E-state index in [-0.39, 0.29) is 0 Å². The van der Waals surface area contributed by atoms with Crippen LogP contribution in [0.4, 0.5) is 0 Å². The summed E-state index contributed by atoms with van der Waals surface area (Å²) in [6.07, 6.45) is 2.42. The van der Waals surface area contributed by atoms with E-state index < -0.39 is 5.97 Å². The second-order valence-corrected chi connectivity index (χ2v) is 7.20. The zero-order chi connectivity index (χ0) is 19.1.